The number of ether oxygens (including phenoxy) is 5. The Morgan fingerprint density at radius 3 is 2.45 bits per heavy atom. The Hall–Kier alpha value is -2.93. The Bertz CT molecular complexity index is 1060. The van der Waals surface area contributed by atoms with Gasteiger partial charge in [0.25, 0.3) is 0 Å². The second-order valence-electron chi connectivity index (χ2n) is 9.24. The van der Waals surface area contributed by atoms with Crippen molar-refractivity contribution in [1.29, 1.82) is 0 Å². The average Bonchev–Trinajstić information content (AvgIpc) is 3.16. The highest BCUT2D eigenvalue weighted by Gasteiger charge is 2.59. The smallest absolute Gasteiger partial charge is 0.231 e. The molecule has 7 nitrogen and oxygen atoms in total. The molecule has 0 unspecified atom stereocenters. The maximum Gasteiger partial charge on any atom is 0.231 e. The van der Waals surface area contributed by atoms with Crippen LogP contribution in [-0.4, -0.2) is 37.7 Å². The highest BCUT2D eigenvalue weighted by molar-refractivity contribution is 5.86. The van der Waals surface area contributed by atoms with E-state index >= 15 is 0 Å². The van der Waals surface area contributed by atoms with E-state index in [1.807, 2.05) is 32.0 Å². The first-order valence-electron chi connectivity index (χ1n) is 10.3. The molecule has 1 fully saturated rings. The van der Waals surface area contributed by atoms with Crippen LogP contribution >= 0.6 is 0 Å². The zero-order valence-electron chi connectivity index (χ0n) is 18.1. The summed E-state index contributed by atoms with van der Waals surface area (Å²) in [6.07, 6.45) is 0.692. The number of aliphatic hydroxyl groups is 1. The molecule has 7 heteroatoms. The minimum atomic E-state index is -1.64. The normalized spacial score (nSPS) is 27.7. The zero-order valence-corrected chi connectivity index (χ0v) is 18.1. The van der Waals surface area contributed by atoms with Gasteiger partial charge in [0, 0.05) is 42.0 Å². The van der Waals surface area contributed by atoms with Crippen LogP contribution in [0, 0.1) is 11.3 Å². The summed E-state index contributed by atoms with van der Waals surface area (Å²) < 4.78 is 28.3. The van der Waals surface area contributed by atoms with Gasteiger partial charge in [-0.3, -0.25) is 4.79 Å². The van der Waals surface area contributed by atoms with Crippen LogP contribution in [0.4, 0.5) is 0 Å². The molecule has 2 aromatic rings. The van der Waals surface area contributed by atoms with Gasteiger partial charge >= 0.3 is 0 Å². The first-order chi connectivity index (χ1) is 14.7. The summed E-state index contributed by atoms with van der Waals surface area (Å²) in [7, 11) is 3.17. The van der Waals surface area contributed by atoms with Gasteiger partial charge in [0.15, 0.2) is 11.5 Å². The molecule has 2 aliphatic heterocycles. The molecule has 0 bridgehead atoms. The standard InChI is InChI=1S/C24H26O7/c1-23(2)10-16(25)22-21(14-6-5-13(27-3)7-17(14)28-4)15-8-19-20(30-12-29-19)9-18(15)31-24(22,26)11-23/h5-9,21-22,26H,10-12H2,1-4H3/t21-,22+,24+/m1/s1. The van der Waals surface area contributed by atoms with Crippen LogP contribution in [0.2, 0.25) is 0 Å². The average molecular weight is 426 g/mol. The summed E-state index contributed by atoms with van der Waals surface area (Å²) in [5.74, 6) is -0.0872. The van der Waals surface area contributed by atoms with Crippen molar-refractivity contribution >= 4 is 5.78 Å². The maximum absolute atomic E-state index is 13.4. The molecule has 0 spiro atoms. The highest BCUT2D eigenvalue weighted by Crippen LogP contribution is 2.58. The number of fused-ring (bicyclic) bond motifs is 3. The second kappa shape index (κ2) is 6.79. The van der Waals surface area contributed by atoms with Gasteiger partial charge in [0.2, 0.25) is 12.6 Å². The predicted molar refractivity (Wildman–Crippen MR) is 111 cm³/mol. The van der Waals surface area contributed by atoms with Crippen molar-refractivity contribution in [3.8, 4) is 28.7 Å². The molecule has 0 amide bonds. The molecular formula is C24H26O7. The number of rotatable bonds is 3. The number of benzene rings is 2. The molecular weight excluding hydrogens is 400 g/mol. The monoisotopic (exact) mass is 426 g/mol. The molecule has 164 valence electrons. The molecule has 0 aromatic heterocycles. The molecule has 3 aliphatic rings. The van der Waals surface area contributed by atoms with E-state index in [1.54, 1.807) is 26.4 Å². The SMILES string of the molecule is COc1ccc([C@@H]2c3cc4c(cc3O[C@@]3(O)CC(C)(C)CC(=O)[C@@H]23)OCO4)c(OC)c1. The number of hydrogen-bond acceptors (Lipinski definition) is 7. The minimum absolute atomic E-state index is 0.0371. The van der Waals surface area contributed by atoms with Crippen molar-refractivity contribution in [2.45, 2.75) is 38.4 Å². The van der Waals surface area contributed by atoms with E-state index in [2.05, 4.69) is 0 Å². The van der Waals surface area contributed by atoms with Crippen molar-refractivity contribution in [2.24, 2.45) is 11.3 Å². The van der Waals surface area contributed by atoms with Crippen LogP contribution in [0.5, 0.6) is 28.7 Å². The third kappa shape index (κ3) is 3.10. The van der Waals surface area contributed by atoms with E-state index in [4.69, 9.17) is 23.7 Å². The van der Waals surface area contributed by atoms with Crippen molar-refractivity contribution in [3.63, 3.8) is 0 Å². The maximum atomic E-state index is 13.4. The molecule has 0 radical (unpaired) electrons. The summed E-state index contributed by atoms with van der Waals surface area (Å²) in [5.41, 5.74) is 1.16. The van der Waals surface area contributed by atoms with Gasteiger partial charge in [-0.05, 0) is 17.5 Å². The summed E-state index contributed by atoms with van der Waals surface area (Å²) in [4.78, 5) is 13.4. The summed E-state index contributed by atoms with van der Waals surface area (Å²) in [6.45, 7) is 4.07. The third-order valence-corrected chi connectivity index (χ3v) is 6.45. The Morgan fingerprint density at radius 1 is 1.00 bits per heavy atom. The Balaban J connectivity index is 1.74. The molecule has 31 heavy (non-hydrogen) atoms. The van der Waals surface area contributed by atoms with Crippen LogP contribution in [0.15, 0.2) is 30.3 Å². The first-order valence-corrected chi connectivity index (χ1v) is 10.3. The van der Waals surface area contributed by atoms with E-state index in [9.17, 15) is 9.90 Å². The van der Waals surface area contributed by atoms with Crippen molar-refractivity contribution in [1.82, 2.24) is 0 Å². The van der Waals surface area contributed by atoms with E-state index in [0.717, 1.165) is 11.1 Å². The van der Waals surface area contributed by atoms with Gasteiger partial charge in [-0.25, -0.2) is 0 Å². The van der Waals surface area contributed by atoms with E-state index in [-0.39, 0.29) is 18.0 Å². The van der Waals surface area contributed by atoms with Crippen molar-refractivity contribution < 1.29 is 33.6 Å². The third-order valence-electron chi connectivity index (χ3n) is 6.45. The fraction of sp³-hybridized carbons (Fsp3) is 0.458. The topological polar surface area (TPSA) is 83.5 Å². The van der Waals surface area contributed by atoms with Gasteiger partial charge < -0.3 is 28.8 Å². The number of methoxy groups -OCH3 is 2. The molecule has 2 aromatic carbocycles. The van der Waals surface area contributed by atoms with Gasteiger partial charge in [0.1, 0.15) is 23.0 Å². The predicted octanol–water partition coefficient (Wildman–Crippen LogP) is 3.65. The summed E-state index contributed by atoms with van der Waals surface area (Å²) in [6, 6.07) is 9.08. The number of Topliss-reactive ketones (excluding diaryl/α,β-unsaturated/α-hetero) is 1. The quantitative estimate of drug-likeness (QED) is 0.802. The molecule has 0 saturated heterocycles. The van der Waals surface area contributed by atoms with Crippen LogP contribution in [0.3, 0.4) is 0 Å². The molecule has 2 heterocycles. The number of hydrogen-bond donors (Lipinski definition) is 1. The van der Waals surface area contributed by atoms with Crippen molar-refractivity contribution in [2.75, 3.05) is 21.0 Å². The van der Waals surface area contributed by atoms with Gasteiger partial charge in [-0.2, -0.15) is 0 Å². The lowest BCUT2D eigenvalue weighted by Gasteiger charge is -2.51. The largest absolute Gasteiger partial charge is 0.497 e. The zero-order chi connectivity index (χ0) is 22.0. The van der Waals surface area contributed by atoms with Crippen LogP contribution in [-0.2, 0) is 4.79 Å². The minimum Gasteiger partial charge on any atom is -0.497 e. The van der Waals surface area contributed by atoms with Gasteiger partial charge in [-0.15, -0.1) is 0 Å². The van der Waals surface area contributed by atoms with Gasteiger partial charge in [0.05, 0.1) is 20.1 Å². The van der Waals surface area contributed by atoms with E-state index in [1.165, 1.54) is 0 Å². The fourth-order valence-electron chi connectivity index (χ4n) is 5.30. The number of carbonyl (C=O) groups is 1. The fourth-order valence-corrected chi connectivity index (χ4v) is 5.30. The molecule has 1 saturated carbocycles. The highest BCUT2D eigenvalue weighted by atomic mass is 16.7. The Kier molecular flexibility index (Phi) is 4.38. The molecule has 3 atom stereocenters. The lowest BCUT2D eigenvalue weighted by molar-refractivity contribution is -0.222. The molecule has 5 rings (SSSR count). The van der Waals surface area contributed by atoms with E-state index < -0.39 is 17.6 Å². The van der Waals surface area contributed by atoms with Gasteiger partial charge in [-0.1, -0.05) is 19.9 Å². The number of carbonyl (C=O) groups excluding carboxylic acids is 1. The summed E-state index contributed by atoms with van der Waals surface area (Å²) >= 11 is 0. The summed E-state index contributed by atoms with van der Waals surface area (Å²) in [5, 5.41) is 11.7. The molecule has 1 N–H and O–H groups in total. The van der Waals surface area contributed by atoms with Crippen LogP contribution < -0.4 is 23.7 Å². The number of ketones is 1. The van der Waals surface area contributed by atoms with Crippen LogP contribution in [0.1, 0.15) is 43.7 Å². The lowest BCUT2D eigenvalue weighted by atomic mass is 9.61. The van der Waals surface area contributed by atoms with E-state index in [0.29, 0.717) is 41.6 Å². The first kappa shape index (κ1) is 20.0. The second-order valence-corrected chi connectivity index (χ2v) is 9.24. The van der Waals surface area contributed by atoms with Crippen molar-refractivity contribution in [3.05, 3.63) is 41.5 Å². The molecule has 1 aliphatic carbocycles. The van der Waals surface area contributed by atoms with Crippen LogP contribution in [0.25, 0.3) is 0 Å². The Morgan fingerprint density at radius 2 is 1.74 bits per heavy atom. The Labute approximate surface area is 180 Å². The lowest BCUT2D eigenvalue weighted by Crippen LogP contribution is -2.58.